The number of ether oxygens (including phenoxy) is 1. The number of aryl methyl sites for hydroxylation is 1. The number of fused-ring (bicyclic) bond motifs is 4. The minimum atomic E-state index is -4.78. The Balaban J connectivity index is 1.35. The number of alkyl halides is 4. The molecular weight excluding hydrogens is 557 g/mol. The molecule has 42 heavy (non-hydrogen) atoms. The monoisotopic (exact) mass is 589 g/mol. The lowest BCUT2D eigenvalue weighted by Gasteiger charge is -2.34. The normalized spacial score (nSPS) is 27.7. The molecule has 2 aromatic heterocycles. The minimum absolute atomic E-state index is 0.0873. The molecule has 6 heterocycles. The predicted octanol–water partition coefficient (Wildman–Crippen LogP) is 4.64. The number of pyridine rings is 1. The van der Waals surface area contributed by atoms with Crippen molar-refractivity contribution in [2.75, 3.05) is 43.4 Å². The summed E-state index contributed by atoms with van der Waals surface area (Å²) in [4.78, 5) is 17.2. The van der Waals surface area contributed by atoms with Gasteiger partial charge in [-0.05, 0) is 62.9 Å². The van der Waals surface area contributed by atoms with E-state index in [9.17, 15) is 17.6 Å². The second kappa shape index (κ2) is 9.87. The van der Waals surface area contributed by atoms with Gasteiger partial charge in [0.05, 0.1) is 16.8 Å². The third kappa shape index (κ3) is 4.61. The van der Waals surface area contributed by atoms with Crippen LogP contribution >= 0.6 is 0 Å². The molecule has 4 fully saturated rings. The van der Waals surface area contributed by atoms with Crippen molar-refractivity contribution in [1.82, 2.24) is 25.2 Å². The molecule has 0 spiro atoms. The average Bonchev–Trinajstić information content (AvgIpc) is 3.56. The first-order valence-electron chi connectivity index (χ1n) is 14.4. The zero-order chi connectivity index (χ0) is 29.4. The summed E-state index contributed by atoms with van der Waals surface area (Å²) in [6.45, 7) is 3.82. The van der Waals surface area contributed by atoms with Crippen LogP contribution in [0.5, 0.6) is 6.01 Å². The first-order valence-corrected chi connectivity index (χ1v) is 14.4. The second-order valence-electron chi connectivity index (χ2n) is 12.1. The topological polar surface area (TPSA) is 92.4 Å². The van der Waals surface area contributed by atoms with E-state index in [1.54, 1.807) is 6.07 Å². The summed E-state index contributed by atoms with van der Waals surface area (Å²) in [7, 11) is 0. The molecule has 4 aliphatic rings. The molecule has 0 saturated carbocycles. The van der Waals surface area contributed by atoms with E-state index in [0.29, 0.717) is 37.3 Å². The van der Waals surface area contributed by atoms with Crippen LogP contribution in [0, 0.1) is 12.7 Å². The molecule has 4 saturated heterocycles. The largest absolute Gasteiger partial charge is 0.461 e. The van der Waals surface area contributed by atoms with Gasteiger partial charge in [0, 0.05) is 49.1 Å². The fourth-order valence-corrected chi connectivity index (χ4v) is 7.48. The van der Waals surface area contributed by atoms with Crippen LogP contribution in [-0.4, -0.2) is 76.4 Å². The molecule has 13 heteroatoms. The highest BCUT2D eigenvalue weighted by Gasteiger charge is 2.49. The number of rotatable bonds is 5. The van der Waals surface area contributed by atoms with Gasteiger partial charge in [-0.3, -0.25) is 4.90 Å². The number of nitrogens with zero attached hydrogens (tertiary/aromatic N) is 5. The van der Waals surface area contributed by atoms with Gasteiger partial charge in [-0.2, -0.15) is 23.1 Å². The van der Waals surface area contributed by atoms with Gasteiger partial charge in [0.25, 0.3) is 0 Å². The van der Waals surface area contributed by atoms with E-state index in [-0.39, 0.29) is 47.2 Å². The number of nitrogens with one attached hydrogen (secondary N) is 1. The number of piperazine rings is 1. The lowest BCUT2D eigenvalue weighted by Crippen LogP contribution is -2.51. The van der Waals surface area contributed by atoms with Crippen molar-refractivity contribution in [3.63, 3.8) is 0 Å². The first-order chi connectivity index (χ1) is 20.0. The lowest BCUT2D eigenvalue weighted by atomic mass is 9.95. The van der Waals surface area contributed by atoms with E-state index in [1.165, 1.54) is 13.0 Å². The summed E-state index contributed by atoms with van der Waals surface area (Å²) in [5.74, 6) is -0.656. The number of hydrogen-bond acceptors (Lipinski definition) is 8. The van der Waals surface area contributed by atoms with Gasteiger partial charge < -0.3 is 20.7 Å². The van der Waals surface area contributed by atoms with Crippen molar-refractivity contribution < 1.29 is 26.7 Å². The molecule has 2 bridgehead atoms. The second-order valence-corrected chi connectivity index (χ2v) is 12.1. The van der Waals surface area contributed by atoms with Crippen LogP contribution in [0.15, 0.2) is 18.2 Å². The van der Waals surface area contributed by atoms with E-state index in [0.717, 1.165) is 38.3 Å². The lowest BCUT2D eigenvalue weighted by molar-refractivity contribution is -0.137. The van der Waals surface area contributed by atoms with Gasteiger partial charge in [-0.1, -0.05) is 0 Å². The van der Waals surface area contributed by atoms with Crippen LogP contribution in [0.1, 0.15) is 43.2 Å². The van der Waals surface area contributed by atoms with Gasteiger partial charge in [0.15, 0.2) is 5.82 Å². The Kier molecular flexibility index (Phi) is 6.46. The molecule has 0 radical (unpaired) electrons. The third-order valence-corrected chi connectivity index (χ3v) is 9.29. The first kappa shape index (κ1) is 27.5. The van der Waals surface area contributed by atoms with E-state index in [1.807, 2.05) is 0 Å². The maximum atomic E-state index is 16.4. The molecule has 3 aromatic rings. The summed E-state index contributed by atoms with van der Waals surface area (Å²) in [6.07, 6.45) is -1.67. The zero-order valence-electron chi connectivity index (χ0n) is 23.1. The number of aromatic nitrogens is 3. The van der Waals surface area contributed by atoms with E-state index in [2.05, 4.69) is 25.1 Å². The van der Waals surface area contributed by atoms with E-state index < -0.39 is 35.0 Å². The smallest absolute Gasteiger partial charge is 0.418 e. The highest BCUT2D eigenvalue weighted by molar-refractivity contribution is 5.93. The SMILES string of the molecule is Cc1cc(N)nc(-c2ccc3c(N4C[C@H]5CC[C@@H](C4)N5)nc(OC[C@@]45CCCN4C[C@H](F)C5)nc3c2F)c1C(F)(F)F. The van der Waals surface area contributed by atoms with Crippen molar-refractivity contribution >= 4 is 22.5 Å². The van der Waals surface area contributed by atoms with Crippen LogP contribution in [0.4, 0.5) is 33.6 Å². The number of hydrogen-bond donors (Lipinski definition) is 2. The Morgan fingerprint density at radius 2 is 1.88 bits per heavy atom. The molecule has 1 aromatic carbocycles. The fourth-order valence-electron chi connectivity index (χ4n) is 7.48. The molecule has 224 valence electrons. The molecule has 4 atom stereocenters. The van der Waals surface area contributed by atoms with Crippen molar-refractivity contribution in [3.05, 3.63) is 35.1 Å². The quantitative estimate of drug-likeness (QED) is 0.416. The van der Waals surface area contributed by atoms with Crippen LogP contribution in [0.3, 0.4) is 0 Å². The molecule has 0 unspecified atom stereocenters. The number of halogens is 5. The fraction of sp³-hybridized carbons (Fsp3) is 0.552. The van der Waals surface area contributed by atoms with E-state index >= 15 is 4.39 Å². The van der Waals surface area contributed by atoms with Gasteiger partial charge >= 0.3 is 12.2 Å². The van der Waals surface area contributed by atoms with Crippen molar-refractivity contribution in [2.45, 2.75) is 69.0 Å². The van der Waals surface area contributed by atoms with Crippen molar-refractivity contribution in [2.24, 2.45) is 0 Å². The standard InChI is InChI=1S/C29H32F5N7O/c1-15-9-21(35)37-24(22(15)29(32,33)34)19-5-6-20-25(23(19)31)38-27(39-26(20)40-12-17-3-4-18(13-40)36-17)42-14-28-7-2-8-41(28)11-16(30)10-28/h5-6,9,16-18,36H,2-4,7-8,10-14H2,1H3,(H2,35,37)/t16-,17-,18+,28+/m1/s1. The Labute approximate surface area is 239 Å². The highest BCUT2D eigenvalue weighted by Crippen LogP contribution is 2.43. The zero-order valence-corrected chi connectivity index (χ0v) is 23.1. The summed E-state index contributed by atoms with van der Waals surface area (Å²) in [5.41, 5.74) is 3.00. The van der Waals surface area contributed by atoms with Crippen LogP contribution in [-0.2, 0) is 6.18 Å². The van der Waals surface area contributed by atoms with Gasteiger partial charge in [-0.15, -0.1) is 0 Å². The van der Waals surface area contributed by atoms with Crippen molar-refractivity contribution in [3.8, 4) is 17.3 Å². The predicted molar refractivity (Wildman–Crippen MR) is 148 cm³/mol. The number of anilines is 2. The summed E-state index contributed by atoms with van der Waals surface area (Å²) >= 11 is 0. The molecule has 4 aliphatic heterocycles. The maximum absolute atomic E-state index is 16.4. The van der Waals surface area contributed by atoms with E-state index in [4.69, 9.17) is 15.5 Å². The molecule has 0 aliphatic carbocycles. The average molecular weight is 590 g/mol. The maximum Gasteiger partial charge on any atom is 0.418 e. The number of nitrogens with two attached hydrogens (primary N) is 1. The Morgan fingerprint density at radius 3 is 2.62 bits per heavy atom. The third-order valence-electron chi connectivity index (χ3n) is 9.29. The summed E-state index contributed by atoms with van der Waals surface area (Å²) < 4.78 is 79.2. The van der Waals surface area contributed by atoms with Gasteiger partial charge in [0.2, 0.25) is 0 Å². The van der Waals surface area contributed by atoms with Crippen LogP contribution < -0.4 is 20.7 Å². The minimum Gasteiger partial charge on any atom is -0.461 e. The summed E-state index contributed by atoms with van der Waals surface area (Å²) in [5, 5.41) is 3.92. The Morgan fingerprint density at radius 1 is 1.12 bits per heavy atom. The number of nitrogen functional groups attached to an aromatic ring is 1. The highest BCUT2D eigenvalue weighted by atomic mass is 19.4. The van der Waals surface area contributed by atoms with Gasteiger partial charge in [0.1, 0.15) is 29.9 Å². The molecule has 0 amide bonds. The number of benzene rings is 1. The molecule has 7 rings (SSSR count). The molecule has 8 nitrogen and oxygen atoms in total. The van der Waals surface area contributed by atoms with Gasteiger partial charge in [-0.25, -0.2) is 13.8 Å². The molecule has 3 N–H and O–H groups in total. The van der Waals surface area contributed by atoms with Crippen LogP contribution in [0.25, 0.3) is 22.2 Å². The Bertz CT molecular complexity index is 1540. The van der Waals surface area contributed by atoms with Crippen LogP contribution in [0.2, 0.25) is 0 Å². The van der Waals surface area contributed by atoms with Crippen molar-refractivity contribution in [1.29, 1.82) is 0 Å². The summed E-state index contributed by atoms with van der Waals surface area (Å²) in [6, 6.07) is 4.36. The molecular formula is C29H32F5N7O. The Hall–Kier alpha value is -3.32.